The van der Waals surface area contributed by atoms with Gasteiger partial charge in [-0.2, -0.15) is 0 Å². The van der Waals surface area contributed by atoms with Gasteiger partial charge in [-0.05, 0) is 66.9 Å². The summed E-state index contributed by atoms with van der Waals surface area (Å²) in [5.74, 6) is 1.32. The lowest BCUT2D eigenvalue weighted by atomic mass is 10.2. The number of benzene rings is 1. The second-order valence-electron chi connectivity index (χ2n) is 7.66. The number of nitrogens with zero attached hydrogens (tertiary/aromatic N) is 4. The van der Waals surface area contributed by atoms with E-state index in [-0.39, 0.29) is 0 Å². The van der Waals surface area contributed by atoms with Crippen LogP contribution < -0.4 is 4.90 Å². The van der Waals surface area contributed by atoms with Crippen molar-refractivity contribution in [2.24, 2.45) is 0 Å². The van der Waals surface area contributed by atoms with Crippen molar-refractivity contribution in [1.82, 2.24) is 14.5 Å². The summed E-state index contributed by atoms with van der Waals surface area (Å²) in [6, 6.07) is 8.43. The summed E-state index contributed by atoms with van der Waals surface area (Å²) >= 11 is 3.47. The lowest BCUT2D eigenvalue weighted by molar-refractivity contribution is 0.0602. The van der Waals surface area contributed by atoms with Crippen LogP contribution in [-0.4, -0.2) is 53.4 Å². The van der Waals surface area contributed by atoms with E-state index in [0.29, 0.717) is 41.4 Å². The van der Waals surface area contributed by atoms with Gasteiger partial charge in [-0.3, -0.25) is 0 Å². The number of esters is 1. The minimum absolute atomic E-state index is 0.421. The topological polar surface area (TPSA) is 69.5 Å². The molecule has 1 aliphatic heterocycles. The number of hydrogen-bond donors (Lipinski definition) is 0. The lowest BCUT2D eigenvalue weighted by Crippen LogP contribution is -2.26. The van der Waals surface area contributed by atoms with Crippen LogP contribution in [0.2, 0.25) is 0 Å². The van der Waals surface area contributed by atoms with Gasteiger partial charge < -0.3 is 18.9 Å². The largest absolute Gasteiger partial charge is 0.465 e. The molecule has 1 unspecified atom stereocenters. The first-order chi connectivity index (χ1) is 15.0. The zero-order valence-electron chi connectivity index (χ0n) is 18.1. The summed E-state index contributed by atoms with van der Waals surface area (Å²) in [5, 5.41) is 0. The molecule has 0 saturated carbocycles. The highest BCUT2D eigenvalue weighted by molar-refractivity contribution is 9.10. The van der Waals surface area contributed by atoms with Crippen molar-refractivity contribution in [2.75, 3.05) is 31.8 Å². The molecule has 1 aliphatic rings. The molecule has 0 spiro atoms. The van der Waals surface area contributed by atoms with Crippen molar-refractivity contribution < 1.29 is 14.3 Å². The number of halogens is 1. The fourth-order valence-corrected chi connectivity index (χ4v) is 4.65. The molecule has 8 heteroatoms. The van der Waals surface area contributed by atoms with E-state index in [1.54, 1.807) is 0 Å². The monoisotopic (exact) mass is 486 g/mol. The zero-order chi connectivity index (χ0) is 22.0. The van der Waals surface area contributed by atoms with E-state index in [0.717, 1.165) is 29.3 Å². The van der Waals surface area contributed by atoms with E-state index in [9.17, 15) is 4.79 Å². The fourth-order valence-electron chi connectivity index (χ4n) is 4.17. The van der Waals surface area contributed by atoms with Gasteiger partial charge >= 0.3 is 5.97 Å². The average molecular weight is 487 g/mol. The molecule has 31 heavy (non-hydrogen) atoms. The van der Waals surface area contributed by atoms with Gasteiger partial charge in [0.25, 0.3) is 0 Å². The van der Waals surface area contributed by atoms with E-state index in [1.165, 1.54) is 20.0 Å². The maximum atomic E-state index is 12.4. The molecule has 4 rings (SSSR count). The van der Waals surface area contributed by atoms with E-state index >= 15 is 0 Å². The van der Waals surface area contributed by atoms with Crippen LogP contribution in [0.3, 0.4) is 0 Å². The number of aromatic nitrogens is 3. The molecule has 7 nitrogen and oxygen atoms in total. The molecule has 0 aliphatic carbocycles. The number of ether oxygens (including phenoxy) is 2. The van der Waals surface area contributed by atoms with Crippen molar-refractivity contribution in [2.45, 2.75) is 39.3 Å². The van der Waals surface area contributed by atoms with Gasteiger partial charge in [0.2, 0.25) is 0 Å². The highest BCUT2D eigenvalue weighted by atomic mass is 79.9. The maximum Gasteiger partial charge on any atom is 0.341 e. The minimum Gasteiger partial charge on any atom is -0.465 e. The number of fused-ring (bicyclic) bond motifs is 1. The van der Waals surface area contributed by atoms with Crippen molar-refractivity contribution in [3.8, 4) is 11.4 Å². The normalized spacial score (nSPS) is 16.3. The van der Waals surface area contributed by atoms with Gasteiger partial charge in [0, 0.05) is 42.0 Å². The van der Waals surface area contributed by atoms with Crippen LogP contribution in [-0.2, 0) is 16.0 Å². The Bertz CT molecular complexity index is 1080. The van der Waals surface area contributed by atoms with E-state index < -0.39 is 5.97 Å². The summed E-state index contributed by atoms with van der Waals surface area (Å²) in [5.41, 5.74) is 2.78. The lowest BCUT2D eigenvalue weighted by Gasteiger charge is -2.22. The number of methoxy groups -OCH3 is 1. The fraction of sp³-hybridized carbons (Fsp3) is 0.435. The highest BCUT2D eigenvalue weighted by Gasteiger charge is 2.24. The van der Waals surface area contributed by atoms with Gasteiger partial charge in [-0.15, -0.1) is 0 Å². The SMILES string of the molecule is CCOCCn1c(-c2ccc(N3CCCC3C)nc2)nc2c(C(=O)OC)c(Br)ccc21. The van der Waals surface area contributed by atoms with Crippen LogP contribution in [0.4, 0.5) is 5.82 Å². The molecule has 1 saturated heterocycles. The van der Waals surface area contributed by atoms with Gasteiger partial charge in [0.05, 0.1) is 19.2 Å². The molecule has 3 aromatic rings. The van der Waals surface area contributed by atoms with Gasteiger partial charge in [-0.1, -0.05) is 0 Å². The van der Waals surface area contributed by atoms with Gasteiger partial charge in [0.15, 0.2) is 0 Å². The highest BCUT2D eigenvalue weighted by Crippen LogP contribution is 2.32. The van der Waals surface area contributed by atoms with Crippen LogP contribution >= 0.6 is 15.9 Å². The van der Waals surface area contributed by atoms with Crippen molar-refractivity contribution >= 4 is 38.8 Å². The summed E-state index contributed by atoms with van der Waals surface area (Å²) < 4.78 is 13.3. The number of anilines is 1. The molecule has 3 heterocycles. The zero-order valence-corrected chi connectivity index (χ0v) is 19.7. The Morgan fingerprint density at radius 2 is 2.13 bits per heavy atom. The minimum atomic E-state index is -0.421. The number of pyridine rings is 1. The maximum absolute atomic E-state index is 12.4. The number of carbonyl (C=O) groups is 1. The molecular formula is C23H27BrN4O3. The predicted molar refractivity (Wildman–Crippen MR) is 125 cm³/mol. The third-order valence-electron chi connectivity index (χ3n) is 5.78. The Hall–Kier alpha value is -2.45. The molecule has 0 radical (unpaired) electrons. The number of carbonyl (C=O) groups excluding carboxylic acids is 1. The Kier molecular flexibility index (Phi) is 6.57. The molecule has 2 aromatic heterocycles. The second kappa shape index (κ2) is 9.36. The van der Waals surface area contributed by atoms with Crippen LogP contribution in [0.25, 0.3) is 22.4 Å². The Morgan fingerprint density at radius 1 is 1.29 bits per heavy atom. The quantitative estimate of drug-likeness (QED) is 0.356. The first-order valence-electron chi connectivity index (χ1n) is 10.6. The molecule has 1 aromatic carbocycles. The van der Waals surface area contributed by atoms with Crippen molar-refractivity contribution in [3.05, 3.63) is 40.5 Å². The molecule has 1 fully saturated rings. The molecule has 0 amide bonds. The summed E-state index contributed by atoms with van der Waals surface area (Å²) in [7, 11) is 1.38. The first-order valence-corrected chi connectivity index (χ1v) is 11.4. The summed E-state index contributed by atoms with van der Waals surface area (Å²) in [4.78, 5) is 24.4. The Balaban J connectivity index is 1.80. The van der Waals surface area contributed by atoms with Crippen LogP contribution in [0.15, 0.2) is 34.9 Å². The Labute approximate surface area is 190 Å². The predicted octanol–water partition coefficient (Wildman–Crippen LogP) is 4.67. The number of imidazole rings is 1. The number of rotatable bonds is 7. The van der Waals surface area contributed by atoms with Crippen molar-refractivity contribution in [3.63, 3.8) is 0 Å². The molecule has 0 N–H and O–H groups in total. The van der Waals surface area contributed by atoms with E-state index in [1.807, 2.05) is 25.3 Å². The van der Waals surface area contributed by atoms with Crippen LogP contribution in [0, 0.1) is 0 Å². The van der Waals surface area contributed by atoms with Gasteiger partial charge in [0.1, 0.15) is 22.7 Å². The summed E-state index contributed by atoms with van der Waals surface area (Å²) in [6.45, 7) is 7.06. The molecule has 164 valence electrons. The Morgan fingerprint density at radius 3 is 2.77 bits per heavy atom. The van der Waals surface area contributed by atoms with Crippen LogP contribution in [0.5, 0.6) is 0 Å². The first kappa shape index (κ1) is 21.8. The van der Waals surface area contributed by atoms with Crippen LogP contribution in [0.1, 0.15) is 37.0 Å². The second-order valence-corrected chi connectivity index (χ2v) is 8.51. The molecular weight excluding hydrogens is 460 g/mol. The summed E-state index contributed by atoms with van der Waals surface area (Å²) in [6.07, 6.45) is 4.26. The smallest absolute Gasteiger partial charge is 0.341 e. The molecule has 1 atom stereocenters. The van der Waals surface area contributed by atoms with E-state index in [4.69, 9.17) is 19.4 Å². The third kappa shape index (κ3) is 4.19. The van der Waals surface area contributed by atoms with Gasteiger partial charge in [-0.25, -0.2) is 14.8 Å². The molecule has 0 bridgehead atoms. The van der Waals surface area contributed by atoms with Crippen molar-refractivity contribution in [1.29, 1.82) is 0 Å². The van der Waals surface area contributed by atoms with E-state index in [2.05, 4.69) is 44.5 Å². The standard InChI is InChI=1S/C23H27BrN4O3/c1-4-31-13-12-28-18-9-8-17(24)20(23(29)30-3)21(18)26-22(28)16-7-10-19(25-14-16)27-11-5-6-15(27)2/h7-10,14-15H,4-6,11-13H2,1-3H3. The number of hydrogen-bond acceptors (Lipinski definition) is 6. The average Bonchev–Trinajstić information content (AvgIpc) is 3.37. The third-order valence-corrected chi connectivity index (χ3v) is 6.44.